The zero-order valence-electron chi connectivity index (χ0n) is 7.12. The Morgan fingerprint density at radius 2 is 2.09 bits per heavy atom. The number of carbonyl (C=O) groups excluding carboxylic acids is 1. The van der Waals surface area contributed by atoms with Crippen LogP contribution in [0, 0.1) is 6.92 Å². The van der Waals surface area contributed by atoms with Crippen LogP contribution in [-0.4, -0.2) is 24.3 Å². The quantitative estimate of drug-likeness (QED) is 0.579. The number of aliphatic hydroxyl groups is 1. The molecule has 3 nitrogen and oxygen atoms in total. The van der Waals surface area contributed by atoms with Gasteiger partial charge in [0, 0.05) is 32.7 Å². The van der Waals surface area contributed by atoms with Crippen molar-refractivity contribution in [1.82, 2.24) is 0 Å². The van der Waals surface area contributed by atoms with Crippen molar-refractivity contribution in [2.24, 2.45) is 0 Å². The average Bonchev–Trinajstić information content (AvgIpc) is 2.04. The van der Waals surface area contributed by atoms with Gasteiger partial charge >= 0.3 is 0 Å². The Kier molecular flexibility index (Phi) is 26.9. The van der Waals surface area contributed by atoms with Crippen LogP contribution in [0.1, 0.15) is 20.3 Å². The van der Waals surface area contributed by atoms with E-state index in [0.29, 0.717) is 12.9 Å². The second-order valence-corrected chi connectivity index (χ2v) is 1.49. The molecular formula is C7H15O3Y-. The Morgan fingerprint density at radius 3 is 2.36 bits per heavy atom. The Labute approximate surface area is 93.4 Å². The molecule has 0 amide bonds. The largest absolute Gasteiger partial charge is 0.465 e. The zero-order valence-corrected chi connectivity index (χ0v) is 9.96. The molecule has 1 N–H and O–H groups in total. The predicted molar refractivity (Wildman–Crippen MR) is 39.3 cm³/mol. The molecule has 0 rings (SSSR count). The minimum absolute atomic E-state index is 0. The summed E-state index contributed by atoms with van der Waals surface area (Å²) < 4.78 is 4.26. The standard InChI is InChI=1S/C5H10O3.C2H5.Y/c1-2-5(7)3-8-4-6;1-2;/h4-5,7H,2-3H2,1H3;1H2,2H3;/q;-1;/t5-;;/m1../s1. The first-order valence-electron chi connectivity index (χ1n) is 3.25. The Hall–Kier alpha value is 0.534. The van der Waals surface area contributed by atoms with Crippen LogP contribution in [0.5, 0.6) is 0 Å². The van der Waals surface area contributed by atoms with E-state index in [1.807, 2.05) is 6.92 Å². The van der Waals surface area contributed by atoms with E-state index in [1.165, 1.54) is 0 Å². The van der Waals surface area contributed by atoms with Crippen molar-refractivity contribution in [1.29, 1.82) is 0 Å². The fraction of sp³-hybridized carbons (Fsp3) is 0.714. The van der Waals surface area contributed by atoms with E-state index in [9.17, 15) is 4.79 Å². The van der Waals surface area contributed by atoms with Gasteiger partial charge in [-0.15, -0.1) is 0 Å². The van der Waals surface area contributed by atoms with E-state index in [4.69, 9.17) is 5.11 Å². The van der Waals surface area contributed by atoms with Gasteiger partial charge in [-0.2, -0.15) is 6.92 Å². The smallest absolute Gasteiger partial charge is 0.293 e. The molecule has 4 heteroatoms. The molecule has 0 aliphatic carbocycles. The molecule has 1 atom stereocenters. The minimum atomic E-state index is -0.500. The summed E-state index contributed by atoms with van der Waals surface area (Å²) in [6.07, 6.45) is 0.119. The molecule has 0 saturated carbocycles. The number of ether oxygens (including phenoxy) is 1. The van der Waals surface area contributed by atoms with Crippen LogP contribution in [-0.2, 0) is 42.2 Å². The van der Waals surface area contributed by atoms with E-state index in [2.05, 4.69) is 11.7 Å². The van der Waals surface area contributed by atoms with Crippen LogP contribution in [0.15, 0.2) is 0 Å². The third-order valence-corrected chi connectivity index (χ3v) is 0.828. The molecule has 0 aromatic heterocycles. The molecule has 0 aromatic carbocycles. The van der Waals surface area contributed by atoms with Crippen LogP contribution in [0.25, 0.3) is 0 Å². The van der Waals surface area contributed by atoms with Gasteiger partial charge < -0.3 is 16.8 Å². The van der Waals surface area contributed by atoms with Crippen molar-refractivity contribution in [2.75, 3.05) is 6.61 Å². The number of hydrogen-bond donors (Lipinski definition) is 1. The zero-order chi connectivity index (χ0) is 8.41. The number of carbonyl (C=O) groups is 1. The maximum atomic E-state index is 9.49. The summed E-state index contributed by atoms with van der Waals surface area (Å²) in [6, 6.07) is 0. The molecule has 0 aromatic rings. The third-order valence-electron chi connectivity index (χ3n) is 0.828. The summed E-state index contributed by atoms with van der Waals surface area (Å²) >= 11 is 0. The molecule has 0 saturated heterocycles. The van der Waals surface area contributed by atoms with Crippen LogP contribution in [0.4, 0.5) is 0 Å². The van der Waals surface area contributed by atoms with E-state index in [-0.39, 0.29) is 39.3 Å². The van der Waals surface area contributed by atoms with Gasteiger partial charge in [0.05, 0.1) is 6.10 Å². The van der Waals surface area contributed by atoms with Gasteiger partial charge in [-0.3, -0.25) is 4.79 Å². The van der Waals surface area contributed by atoms with Gasteiger partial charge in [-0.05, 0) is 6.42 Å². The van der Waals surface area contributed by atoms with Gasteiger partial charge in [-0.25, -0.2) is 0 Å². The van der Waals surface area contributed by atoms with E-state index >= 15 is 0 Å². The fourth-order valence-electron chi connectivity index (χ4n) is 0.268. The maximum Gasteiger partial charge on any atom is 0.293 e. The summed E-state index contributed by atoms with van der Waals surface area (Å²) in [7, 11) is 0. The molecule has 0 bridgehead atoms. The fourth-order valence-corrected chi connectivity index (χ4v) is 0.268. The van der Waals surface area contributed by atoms with Gasteiger partial charge in [-0.1, -0.05) is 6.92 Å². The molecule has 0 aliphatic rings. The van der Waals surface area contributed by atoms with E-state index < -0.39 is 6.10 Å². The van der Waals surface area contributed by atoms with Crippen molar-refractivity contribution in [3.63, 3.8) is 0 Å². The van der Waals surface area contributed by atoms with Crippen molar-refractivity contribution < 1.29 is 47.3 Å². The third kappa shape index (κ3) is 18.0. The second-order valence-electron chi connectivity index (χ2n) is 1.49. The van der Waals surface area contributed by atoms with Gasteiger partial charge in [0.15, 0.2) is 0 Å². The molecular weight excluding hydrogens is 221 g/mol. The first kappa shape index (κ1) is 17.6. The molecule has 0 spiro atoms. The van der Waals surface area contributed by atoms with Crippen molar-refractivity contribution >= 4 is 6.47 Å². The molecule has 11 heavy (non-hydrogen) atoms. The van der Waals surface area contributed by atoms with E-state index in [0.717, 1.165) is 0 Å². The van der Waals surface area contributed by atoms with E-state index in [1.54, 1.807) is 6.92 Å². The van der Waals surface area contributed by atoms with Gasteiger partial charge in [0.2, 0.25) is 0 Å². The van der Waals surface area contributed by atoms with Gasteiger partial charge in [0.1, 0.15) is 6.61 Å². The number of rotatable bonds is 4. The van der Waals surface area contributed by atoms with Crippen LogP contribution in [0.3, 0.4) is 0 Å². The molecule has 0 unspecified atom stereocenters. The average molecular weight is 236 g/mol. The number of hydrogen-bond acceptors (Lipinski definition) is 3. The summed E-state index contributed by atoms with van der Waals surface area (Å²) in [4.78, 5) is 9.49. The van der Waals surface area contributed by atoms with Crippen molar-refractivity contribution in [3.05, 3.63) is 6.92 Å². The second kappa shape index (κ2) is 16.9. The van der Waals surface area contributed by atoms with Crippen molar-refractivity contribution in [2.45, 2.75) is 26.4 Å². The normalized spacial score (nSPS) is 9.82. The number of aliphatic hydroxyl groups excluding tert-OH is 1. The van der Waals surface area contributed by atoms with Crippen LogP contribution >= 0.6 is 0 Å². The van der Waals surface area contributed by atoms with Gasteiger partial charge in [0.25, 0.3) is 6.47 Å². The van der Waals surface area contributed by atoms with Crippen LogP contribution < -0.4 is 0 Å². The molecule has 0 fully saturated rings. The maximum absolute atomic E-state index is 9.49. The summed E-state index contributed by atoms with van der Waals surface area (Å²) in [6.45, 7) is 7.26. The summed E-state index contributed by atoms with van der Waals surface area (Å²) in [5, 5.41) is 8.71. The molecule has 0 heterocycles. The molecule has 65 valence electrons. The Bertz CT molecular complexity index is 68.7. The van der Waals surface area contributed by atoms with Crippen molar-refractivity contribution in [3.8, 4) is 0 Å². The first-order valence-corrected chi connectivity index (χ1v) is 3.25. The first-order chi connectivity index (χ1) is 4.81. The Morgan fingerprint density at radius 1 is 1.64 bits per heavy atom. The monoisotopic (exact) mass is 236 g/mol. The summed E-state index contributed by atoms with van der Waals surface area (Å²) in [5.41, 5.74) is 0. The summed E-state index contributed by atoms with van der Waals surface area (Å²) in [5.74, 6) is 0. The SMILES string of the molecule is CC[C@@H](O)COC=O.[CH2-]C.[Y]. The minimum Gasteiger partial charge on any atom is -0.465 e. The Balaban J connectivity index is -0.000000196. The molecule has 0 aliphatic heterocycles. The topological polar surface area (TPSA) is 46.5 Å². The van der Waals surface area contributed by atoms with Crippen LogP contribution in [0.2, 0.25) is 0 Å². The molecule has 1 radical (unpaired) electrons. The predicted octanol–water partition coefficient (Wildman–Crippen LogP) is 0.768.